The number of carbonyl (C=O) groups is 2. The van der Waals surface area contributed by atoms with Gasteiger partial charge in [-0.2, -0.15) is 0 Å². The van der Waals surface area contributed by atoms with E-state index in [1.165, 1.54) is 28.4 Å². The summed E-state index contributed by atoms with van der Waals surface area (Å²) < 4.78 is 49.8. The molecule has 12 nitrogen and oxygen atoms in total. The van der Waals surface area contributed by atoms with Gasteiger partial charge in [-0.05, 0) is 41.8 Å². The Balaban J connectivity index is 1.36. The molecule has 0 aliphatic carbocycles. The van der Waals surface area contributed by atoms with Crippen molar-refractivity contribution >= 4 is 12.1 Å². The molecule has 43 heavy (non-hydrogen) atoms. The SMILES string of the molecule is COC(=O)c1c([C@@H]2O[C@H]2c2c(CCNC(=O)OCc3ccc(OC)cc3)cc3c(c2OC)OCO3)ccc(OC)c1OC. The molecule has 3 aromatic rings. The minimum absolute atomic E-state index is 0.0433. The summed E-state index contributed by atoms with van der Waals surface area (Å²) >= 11 is 0. The molecule has 2 aliphatic rings. The lowest BCUT2D eigenvalue weighted by Gasteiger charge is -2.16. The largest absolute Gasteiger partial charge is 0.497 e. The van der Waals surface area contributed by atoms with Gasteiger partial charge >= 0.3 is 12.1 Å². The predicted molar refractivity (Wildman–Crippen MR) is 151 cm³/mol. The number of carbonyl (C=O) groups excluding carboxylic acids is 2. The highest BCUT2D eigenvalue weighted by Gasteiger charge is 2.48. The van der Waals surface area contributed by atoms with Gasteiger partial charge in [0.05, 0.1) is 35.5 Å². The monoisotopic (exact) mass is 595 g/mol. The van der Waals surface area contributed by atoms with E-state index in [4.69, 9.17) is 42.6 Å². The zero-order chi connectivity index (χ0) is 30.5. The molecule has 1 N–H and O–H groups in total. The minimum Gasteiger partial charge on any atom is -0.497 e. The van der Waals surface area contributed by atoms with Crippen molar-refractivity contribution in [1.29, 1.82) is 0 Å². The number of rotatable bonds is 12. The summed E-state index contributed by atoms with van der Waals surface area (Å²) in [7, 11) is 7.36. The topological polar surface area (TPSA) is 133 Å². The van der Waals surface area contributed by atoms with Gasteiger partial charge in [0.1, 0.15) is 30.1 Å². The fraction of sp³-hybridized carbons (Fsp3) is 0.355. The molecule has 5 rings (SSSR count). The minimum atomic E-state index is -0.588. The molecular weight excluding hydrogens is 562 g/mol. The normalized spacial score (nSPS) is 16.2. The van der Waals surface area contributed by atoms with E-state index in [9.17, 15) is 9.59 Å². The quantitative estimate of drug-likeness (QED) is 0.234. The van der Waals surface area contributed by atoms with Gasteiger partial charge in [0.2, 0.25) is 12.5 Å². The van der Waals surface area contributed by atoms with Crippen molar-refractivity contribution < 1.29 is 52.2 Å². The maximum Gasteiger partial charge on any atom is 0.407 e. The van der Waals surface area contributed by atoms with Crippen LogP contribution in [-0.2, 0) is 27.2 Å². The summed E-state index contributed by atoms with van der Waals surface area (Å²) in [4.78, 5) is 25.3. The number of amides is 1. The molecule has 2 atom stereocenters. The molecule has 1 saturated heterocycles. The predicted octanol–water partition coefficient (Wildman–Crippen LogP) is 4.52. The third-order valence-corrected chi connectivity index (χ3v) is 7.19. The molecule has 228 valence electrons. The van der Waals surface area contributed by atoms with Crippen LogP contribution in [-0.4, -0.2) is 60.9 Å². The molecule has 2 heterocycles. The molecule has 0 spiro atoms. The number of fused-ring (bicyclic) bond motifs is 1. The van der Waals surface area contributed by atoms with Gasteiger partial charge in [0.15, 0.2) is 23.0 Å². The first-order chi connectivity index (χ1) is 20.9. The maximum absolute atomic E-state index is 12.8. The zero-order valence-electron chi connectivity index (χ0n) is 24.5. The Labute approximate surface area is 248 Å². The van der Waals surface area contributed by atoms with Crippen LogP contribution < -0.4 is 33.7 Å². The third kappa shape index (κ3) is 6.05. The van der Waals surface area contributed by atoms with Crippen LogP contribution in [0.15, 0.2) is 42.5 Å². The highest BCUT2D eigenvalue weighted by Crippen LogP contribution is 2.59. The summed E-state index contributed by atoms with van der Waals surface area (Å²) in [6.07, 6.45) is -1.17. The lowest BCUT2D eigenvalue weighted by molar-refractivity contribution is 0.0594. The van der Waals surface area contributed by atoms with Crippen LogP contribution >= 0.6 is 0 Å². The van der Waals surface area contributed by atoms with E-state index in [-0.39, 0.29) is 31.3 Å². The van der Waals surface area contributed by atoms with Gasteiger partial charge in [-0.15, -0.1) is 0 Å². The smallest absolute Gasteiger partial charge is 0.407 e. The van der Waals surface area contributed by atoms with Crippen LogP contribution in [0.25, 0.3) is 0 Å². The Morgan fingerprint density at radius 1 is 0.884 bits per heavy atom. The van der Waals surface area contributed by atoms with Crippen molar-refractivity contribution in [2.45, 2.75) is 25.2 Å². The number of hydrogen-bond acceptors (Lipinski definition) is 11. The number of benzene rings is 3. The van der Waals surface area contributed by atoms with E-state index in [0.717, 1.165) is 22.4 Å². The summed E-state index contributed by atoms with van der Waals surface area (Å²) in [6.45, 7) is 0.421. The Bertz CT molecular complexity index is 1490. The number of ether oxygens (including phenoxy) is 9. The van der Waals surface area contributed by atoms with Crippen molar-refractivity contribution in [2.75, 3.05) is 48.9 Å². The van der Waals surface area contributed by atoms with Gasteiger partial charge in [0, 0.05) is 17.7 Å². The second kappa shape index (κ2) is 13.0. The van der Waals surface area contributed by atoms with Gasteiger partial charge in [-0.3, -0.25) is 0 Å². The van der Waals surface area contributed by atoms with Crippen LogP contribution in [0.5, 0.6) is 34.5 Å². The molecule has 3 aromatic carbocycles. The average Bonchev–Trinajstić information content (AvgIpc) is 3.68. The van der Waals surface area contributed by atoms with Crippen LogP contribution in [0.4, 0.5) is 4.79 Å². The lowest BCUT2D eigenvalue weighted by Crippen LogP contribution is -2.26. The molecule has 1 fully saturated rings. The van der Waals surface area contributed by atoms with E-state index in [2.05, 4.69) is 5.32 Å². The molecule has 0 aromatic heterocycles. The van der Waals surface area contributed by atoms with Crippen molar-refractivity contribution in [3.63, 3.8) is 0 Å². The lowest BCUT2D eigenvalue weighted by atomic mass is 9.93. The number of esters is 1. The summed E-state index contributed by atoms with van der Waals surface area (Å²) in [5.74, 6) is 2.21. The van der Waals surface area contributed by atoms with Crippen LogP contribution in [0.2, 0.25) is 0 Å². The molecule has 0 radical (unpaired) electrons. The Hall–Kier alpha value is -4.84. The molecule has 0 unspecified atom stereocenters. The van der Waals surface area contributed by atoms with Crippen molar-refractivity contribution in [3.8, 4) is 34.5 Å². The van der Waals surface area contributed by atoms with E-state index in [0.29, 0.717) is 35.0 Å². The van der Waals surface area contributed by atoms with Crippen LogP contribution in [0.3, 0.4) is 0 Å². The standard InChI is InChI=1S/C31H33NO11/c1-35-19-8-6-17(7-9-19)15-40-31(34)32-13-12-18-14-22-27(42-16-41-22)28(38-4)23(18)29-25(43-29)20-10-11-21(36-2)26(37-3)24(20)30(33)39-5/h6-11,14,25,29H,12-13,15-16H2,1-5H3,(H,32,34)/t25-,29-/m0/s1. The molecular formula is C31H33NO11. The summed E-state index contributed by atoms with van der Waals surface area (Å²) in [5.41, 5.74) is 3.14. The highest BCUT2D eigenvalue weighted by atomic mass is 16.7. The van der Waals surface area contributed by atoms with Crippen molar-refractivity contribution in [3.05, 3.63) is 70.3 Å². The number of methoxy groups -OCH3 is 5. The van der Waals surface area contributed by atoms with E-state index in [1.807, 2.05) is 18.2 Å². The van der Waals surface area contributed by atoms with E-state index in [1.54, 1.807) is 31.4 Å². The van der Waals surface area contributed by atoms with Gasteiger partial charge < -0.3 is 47.9 Å². The number of hydrogen-bond donors (Lipinski definition) is 1. The second-order valence-electron chi connectivity index (χ2n) is 9.55. The Morgan fingerprint density at radius 3 is 2.33 bits per heavy atom. The number of nitrogens with one attached hydrogen (secondary N) is 1. The van der Waals surface area contributed by atoms with Gasteiger partial charge in [0.25, 0.3) is 0 Å². The first-order valence-corrected chi connectivity index (χ1v) is 13.5. The van der Waals surface area contributed by atoms with Gasteiger partial charge in [-0.1, -0.05) is 18.2 Å². The second-order valence-corrected chi connectivity index (χ2v) is 9.55. The average molecular weight is 596 g/mol. The van der Waals surface area contributed by atoms with Crippen molar-refractivity contribution in [2.24, 2.45) is 0 Å². The molecule has 1 amide bonds. The third-order valence-electron chi connectivity index (χ3n) is 7.19. The molecule has 12 heteroatoms. The Morgan fingerprint density at radius 2 is 1.65 bits per heavy atom. The molecule has 0 saturated carbocycles. The fourth-order valence-corrected chi connectivity index (χ4v) is 5.08. The van der Waals surface area contributed by atoms with Crippen molar-refractivity contribution in [1.82, 2.24) is 5.32 Å². The van der Waals surface area contributed by atoms with Crippen LogP contribution in [0, 0.1) is 0 Å². The van der Waals surface area contributed by atoms with E-state index >= 15 is 0 Å². The van der Waals surface area contributed by atoms with E-state index < -0.39 is 24.3 Å². The first-order valence-electron chi connectivity index (χ1n) is 13.5. The summed E-state index contributed by atoms with van der Waals surface area (Å²) in [5, 5.41) is 2.79. The summed E-state index contributed by atoms with van der Waals surface area (Å²) in [6, 6.07) is 12.6. The highest BCUT2D eigenvalue weighted by molar-refractivity contribution is 5.95. The molecule has 2 aliphatic heterocycles. The van der Waals surface area contributed by atoms with Gasteiger partial charge in [-0.25, -0.2) is 9.59 Å². The number of alkyl carbamates (subject to hydrolysis) is 1. The van der Waals surface area contributed by atoms with Crippen LogP contribution in [0.1, 0.15) is 44.8 Å². The zero-order valence-corrected chi connectivity index (χ0v) is 24.5. The number of epoxide rings is 1. The fourth-order valence-electron chi connectivity index (χ4n) is 5.08. The Kier molecular flexibility index (Phi) is 8.96. The first kappa shape index (κ1) is 29.6. The maximum atomic E-state index is 12.8. The molecule has 0 bridgehead atoms.